The molecule has 152 valence electrons. The van der Waals surface area contributed by atoms with E-state index in [-0.39, 0.29) is 24.4 Å². The van der Waals surface area contributed by atoms with Gasteiger partial charge in [0, 0.05) is 22.6 Å². The summed E-state index contributed by atoms with van der Waals surface area (Å²) in [7, 11) is 0. The van der Waals surface area contributed by atoms with Crippen molar-refractivity contribution in [3.8, 4) is 0 Å². The van der Waals surface area contributed by atoms with Crippen LogP contribution < -0.4 is 0 Å². The minimum atomic E-state index is -0.660. The number of nitrogens with zero attached hydrogens (tertiary/aromatic N) is 2. The number of rotatable bonds is 4. The highest BCUT2D eigenvalue weighted by atomic mass is 35.5. The third-order valence-electron chi connectivity index (χ3n) is 5.95. The van der Waals surface area contributed by atoms with Crippen LogP contribution in [0.2, 0.25) is 10.0 Å². The molecule has 1 saturated heterocycles. The highest BCUT2D eigenvalue weighted by Crippen LogP contribution is 2.34. The molecule has 0 bridgehead atoms. The Morgan fingerprint density at radius 3 is 2.28 bits per heavy atom. The van der Waals surface area contributed by atoms with Crippen LogP contribution in [0.15, 0.2) is 48.5 Å². The standard InChI is InChI=1S/C23H24Cl2N2O2/c24-18-12-10-16(11-13-18)22-23(29)26(19-7-2-1-3-8-19)15-21(28)27(22)14-17-6-4-5-9-20(17)25/h4-6,9-13,19,22H,1-3,7-8,14-15H2/t22-/m0/s1. The number of carbonyl (C=O) groups excluding carboxylic acids is 2. The first-order valence-electron chi connectivity index (χ1n) is 10.1. The Hall–Kier alpha value is -2.04. The van der Waals surface area contributed by atoms with Crippen LogP contribution in [0.25, 0.3) is 0 Å². The fourth-order valence-corrected chi connectivity index (χ4v) is 4.73. The summed E-state index contributed by atoms with van der Waals surface area (Å²) in [5.41, 5.74) is 1.61. The minimum Gasteiger partial charge on any atom is -0.328 e. The van der Waals surface area contributed by atoms with Crippen LogP contribution >= 0.6 is 23.2 Å². The average molecular weight is 431 g/mol. The van der Waals surface area contributed by atoms with Gasteiger partial charge < -0.3 is 9.80 Å². The molecule has 2 aliphatic rings. The molecule has 0 spiro atoms. The molecule has 1 aliphatic heterocycles. The zero-order chi connectivity index (χ0) is 20.4. The number of piperazine rings is 1. The van der Waals surface area contributed by atoms with Crippen molar-refractivity contribution in [3.05, 3.63) is 69.7 Å². The Kier molecular flexibility index (Phi) is 6.12. The summed E-state index contributed by atoms with van der Waals surface area (Å²) < 4.78 is 0. The summed E-state index contributed by atoms with van der Waals surface area (Å²) in [6.07, 6.45) is 5.36. The van der Waals surface area contributed by atoms with Gasteiger partial charge in [0.15, 0.2) is 0 Å². The molecule has 2 amide bonds. The van der Waals surface area contributed by atoms with Crippen molar-refractivity contribution in [2.45, 2.75) is 50.7 Å². The van der Waals surface area contributed by atoms with Gasteiger partial charge in [-0.3, -0.25) is 9.59 Å². The molecule has 4 nitrogen and oxygen atoms in total. The van der Waals surface area contributed by atoms with Gasteiger partial charge >= 0.3 is 0 Å². The van der Waals surface area contributed by atoms with E-state index in [0.29, 0.717) is 16.6 Å². The van der Waals surface area contributed by atoms with E-state index in [0.717, 1.165) is 36.8 Å². The average Bonchev–Trinajstić information content (AvgIpc) is 2.74. The fraction of sp³-hybridized carbons (Fsp3) is 0.391. The van der Waals surface area contributed by atoms with Crippen molar-refractivity contribution < 1.29 is 9.59 Å². The Morgan fingerprint density at radius 1 is 0.897 bits per heavy atom. The number of amides is 2. The number of hydrogen-bond donors (Lipinski definition) is 0. The quantitative estimate of drug-likeness (QED) is 0.665. The number of hydrogen-bond acceptors (Lipinski definition) is 2. The van der Waals surface area contributed by atoms with E-state index in [1.165, 1.54) is 6.42 Å². The van der Waals surface area contributed by atoms with Gasteiger partial charge in [-0.25, -0.2) is 0 Å². The van der Waals surface area contributed by atoms with Crippen LogP contribution in [0.4, 0.5) is 0 Å². The Bertz CT molecular complexity index is 894. The molecule has 2 aromatic rings. The maximum atomic E-state index is 13.6. The molecule has 1 atom stereocenters. The molecule has 29 heavy (non-hydrogen) atoms. The van der Waals surface area contributed by atoms with E-state index in [2.05, 4.69) is 0 Å². The summed E-state index contributed by atoms with van der Waals surface area (Å²) in [4.78, 5) is 30.3. The van der Waals surface area contributed by atoms with Gasteiger partial charge in [0.25, 0.3) is 5.91 Å². The molecule has 0 unspecified atom stereocenters. The van der Waals surface area contributed by atoms with E-state index in [4.69, 9.17) is 23.2 Å². The van der Waals surface area contributed by atoms with Crippen molar-refractivity contribution in [2.24, 2.45) is 0 Å². The molecule has 2 aromatic carbocycles. The molecule has 1 aliphatic carbocycles. The molecule has 1 saturated carbocycles. The predicted molar refractivity (Wildman–Crippen MR) is 115 cm³/mol. The summed E-state index contributed by atoms with van der Waals surface area (Å²) in [5.74, 6) is -0.0547. The summed E-state index contributed by atoms with van der Waals surface area (Å²) in [5, 5.41) is 1.20. The van der Waals surface area contributed by atoms with E-state index in [1.54, 1.807) is 23.1 Å². The second-order valence-electron chi connectivity index (χ2n) is 7.83. The highest BCUT2D eigenvalue weighted by molar-refractivity contribution is 6.31. The van der Waals surface area contributed by atoms with Crippen LogP contribution in [0.5, 0.6) is 0 Å². The van der Waals surface area contributed by atoms with E-state index in [9.17, 15) is 9.59 Å². The van der Waals surface area contributed by atoms with Gasteiger partial charge in [-0.15, -0.1) is 0 Å². The molecular formula is C23H24Cl2N2O2. The maximum Gasteiger partial charge on any atom is 0.250 e. The first-order chi connectivity index (χ1) is 14.0. The lowest BCUT2D eigenvalue weighted by Crippen LogP contribution is -2.58. The topological polar surface area (TPSA) is 40.6 Å². The molecule has 4 rings (SSSR count). The normalized spacial score (nSPS) is 21.0. The second kappa shape index (κ2) is 8.76. The van der Waals surface area contributed by atoms with Gasteiger partial charge in [-0.2, -0.15) is 0 Å². The molecule has 0 radical (unpaired) electrons. The summed E-state index contributed by atoms with van der Waals surface area (Å²) in [6, 6.07) is 14.1. The number of benzene rings is 2. The predicted octanol–water partition coefficient (Wildman–Crippen LogP) is 5.24. The third kappa shape index (κ3) is 4.29. The smallest absolute Gasteiger partial charge is 0.250 e. The number of carbonyl (C=O) groups is 2. The largest absolute Gasteiger partial charge is 0.328 e. The SMILES string of the molecule is O=C1[C@H](c2ccc(Cl)cc2)N(Cc2ccccc2Cl)C(=O)CN1C1CCCCC1. The van der Waals surface area contributed by atoms with E-state index >= 15 is 0 Å². The Morgan fingerprint density at radius 2 is 1.59 bits per heavy atom. The molecular weight excluding hydrogens is 407 g/mol. The van der Waals surface area contributed by atoms with Gasteiger partial charge in [-0.05, 0) is 42.2 Å². The maximum absolute atomic E-state index is 13.6. The minimum absolute atomic E-state index is 0.00845. The van der Waals surface area contributed by atoms with Crippen molar-refractivity contribution in [3.63, 3.8) is 0 Å². The lowest BCUT2D eigenvalue weighted by atomic mass is 9.91. The molecule has 1 heterocycles. The van der Waals surface area contributed by atoms with Crippen LogP contribution in [0, 0.1) is 0 Å². The summed E-state index contributed by atoms with van der Waals surface area (Å²) in [6.45, 7) is 0.439. The third-order valence-corrected chi connectivity index (χ3v) is 6.58. The first-order valence-corrected chi connectivity index (χ1v) is 10.9. The van der Waals surface area contributed by atoms with Gasteiger partial charge in [0.05, 0.1) is 0 Å². The molecule has 6 heteroatoms. The van der Waals surface area contributed by atoms with Crippen LogP contribution in [0.3, 0.4) is 0 Å². The number of halogens is 2. The van der Waals surface area contributed by atoms with Gasteiger partial charge in [-0.1, -0.05) is 72.8 Å². The van der Waals surface area contributed by atoms with Crippen molar-refractivity contribution in [1.29, 1.82) is 0 Å². The van der Waals surface area contributed by atoms with Crippen molar-refractivity contribution in [2.75, 3.05) is 6.54 Å². The Balaban J connectivity index is 1.69. The molecule has 0 aromatic heterocycles. The molecule has 2 fully saturated rings. The highest BCUT2D eigenvalue weighted by Gasteiger charge is 2.43. The zero-order valence-electron chi connectivity index (χ0n) is 16.2. The lowest BCUT2D eigenvalue weighted by Gasteiger charge is -2.44. The van der Waals surface area contributed by atoms with E-state index in [1.807, 2.05) is 35.2 Å². The molecule has 0 N–H and O–H groups in total. The second-order valence-corrected chi connectivity index (χ2v) is 8.67. The van der Waals surface area contributed by atoms with Crippen molar-refractivity contribution >= 4 is 35.0 Å². The zero-order valence-corrected chi connectivity index (χ0v) is 17.7. The fourth-order valence-electron chi connectivity index (χ4n) is 4.41. The van der Waals surface area contributed by atoms with Crippen LogP contribution in [0.1, 0.15) is 49.3 Å². The summed E-state index contributed by atoms with van der Waals surface area (Å²) >= 11 is 12.4. The Labute approximate surface area is 181 Å². The van der Waals surface area contributed by atoms with Gasteiger partial charge in [0.1, 0.15) is 12.6 Å². The van der Waals surface area contributed by atoms with Gasteiger partial charge in [0.2, 0.25) is 5.91 Å². The van der Waals surface area contributed by atoms with Crippen molar-refractivity contribution in [1.82, 2.24) is 9.80 Å². The van der Waals surface area contributed by atoms with Crippen LogP contribution in [-0.4, -0.2) is 34.2 Å². The lowest BCUT2D eigenvalue weighted by molar-refractivity contribution is -0.160. The monoisotopic (exact) mass is 430 g/mol. The van der Waals surface area contributed by atoms with E-state index < -0.39 is 6.04 Å². The first kappa shape index (κ1) is 20.2. The van der Waals surface area contributed by atoms with Crippen LogP contribution in [-0.2, 0) is 16.1 Å².